The number of phenolic OH excluding ortho intramolecular Hbond substituents is 1. The molecule has 2 unspecified atom stereocenters. The normalized spacial score (nSPS) is 21.4. The Morgan fingerprint density at radius 3 is 2.63 bits per heavy atom. The second-order valence-electron chi connectivity index (χ2n) is 8.82. The molecule has 2 saturated heterocycles. The Balaban J connectivity index is 1.43. The fourth-order valence-corrected chi connectivity index (χ4v) is 4.97. The molecule has 2 atom stereocenters. The summed E-state index contributed by atoms with van der Waals surface area (Å²) < 4.78 is 11.7. The maximum absolute atomic E-state index is 12.7. The number of benzene rings is 1. The molecule has 2 aliphatic heterocycles. The molecule has 2 aromatic heterocycles. The molecule has 4 heterocycles. The van der Waals surface area contributed by atoms with Gasteiger partial charge < -0.3 is 19.2 Å². The number of phenols is 1. The third kappa shape index (κ3) is 3.27. The van der Waals surface area contributed by atoms with E-state index in [2.05, 4.69) is 14.9 Å². The molecule has 3 aromatic rings. The number of amides is 1. The molecule has 0 saturated carbocycles. The number of aromatic nitrogens is 2. The number of piperazine rings is 1. The Morgan fingerprint density at radius 1 is 1.27 bits per heavy atom. The Hall–Kier alpha value is -2.81. The highest BCUT2D eigenvalue weighted by Gasteiger charge is 2.45. The molecule has 2 bridgehead atoms. The number of oxazole rings is 1. The topological polar surface area (TPSA) is 91.9 Å². The molecule has 0 radical (unpaired) electrons. The third-order valence-corrected chi connectivity index (χ3v) is 6.34. The van der Waals surface area contributed by atoms with Crippen molar-refractivity contribution in [2.24, 2.45) is 0 Å². The van der Waals surface area contributed by atoms with Crippen LogP contribution in [0.4, 0.5) is 10.8 Å². The Kier molecular flexibility index (Phi) is 4.39. The standard InChI is InChI=1S/C21H24N4O4S/c1-21(2,3)29-20(27)25-12-4-5-13(25)11-24(10-12)19-23-16-15(26)7-6-14(17(16)28-19)18-22-8-9-30-18/h6-9,12-13,26H,4-5,10-11H2,1-3H3. The summed E-state index contributed by atoms with van der Waals surface area (Å²) in [7, 11) is 0. The third-order valence-electron chi connectivity index (χ3n) is 5.53. The molecule has 5 rings (SSSR count). The van der Waals surface area contributed by atoms with E-state index in [-0.39, 0.29) is 23.9 Å². The van der Waals surface area contributed by atoms with Gasteiger partial charge in [-0.05, 0) is 45.7 Å². The number of hydrogen-bond acceptors (Lipinski definition) is 8. The van der Waals surface area contributed by atoms with E-state index in [4.69, 9.17) is 9.15 Å². The summed E-state index contributed by atoms with van der Waals surface area (Å²) in [5.41, 5.74) is 1.26. The van der Waals surface area contributed by atoms with Crippen LogP contribution < -0.4 is 4.90 Å². The molecule has 0 spiro atoms. The number of carbonyl (C=O) groups excluding carboxylic acids is 1. The molecule has 8 nitrogen and oxygen atoms in total. The largest absolute Gasteiger partial charge is 0.506 e. The average Bonchev–Trinajstić information content (AvgIpc) is 3.39. The minimum absolute atomic E-state index is 0.0562. The summed E-state index contributed by atoms with van der Waals surface area (Å²) in [4.78, 5) is 25.6. The van der Waals surface area contributed by atoms with E-state index in [0.717, 1.165) is 23.4 Å². The lowest BCUT2D eigenvalue weighted by molar-refractivity contribution is 0.0120. The summed E-state index contributed by atoms with van der Waals surface area (Å²) in [5.74, 6) is 0.0793. The predicted molar refractivity (Wildman–Crippen MR) is 114 cm³/mol. The first-order valence-electron chi connectivity index (χ1n) is 10.1. The molecule has 1 N–H and O–H groups in total. The second kappa shape index (κ2) is 6.87. The number of nitrogens with zero attached hydrogens (tertiary/aromatic N) is 4. The Labute approximate surface area is 178 Å². The van der Waals surface area contributed by atoms with Crippen molar-refractivity contribution in [3.63, 3.8) is 0 Å². The van der Waals surface area contributed by atoms with Crippen molar-refractivity contribution < 1.29 is 19.1 Å². The fourth-order valence-electron chi connectivity index (χ4n) is 4.31. The zero-order valence-corrected chi connectivity index (χ0v) is 18.0. The quantitative estimate of drug-likeness (QED) is 0.652. The maximum Gasteiger partial charge on any atom is 0.410 e. The van der Waals surface area contributed by atoms with Gasteiger partial charge in [-0.25, -0.2) is 9.78 Å². The monoisotopic (exact) mass is 428 g/mol. The molecule has 0 aliphatic carbocycles. The fraction of sp³-hybridized carbons (Fsp3) is 0.476. The van der Waals surface area contributed by atoms with Gasteiger partial charge in [-0.2, -0.15) is 4.98 Å². The molecule has 158 valence electrons. The first-order chi connectivity index (χ1) is 14.3. The van der Waals surface area contributed by atoms with Crippen LogP contribution in [0.25, 0.3) is 21.7 Å². The van der Waals surface area contributed by atoms with E-state index in [0.29, 0.717) is 30.2 Å². The van der Waals surface area contributed by atoms with E-state index in [1.807, 2.05) is 31.1 Å². The summed E-state index contributed by atoms with van der Waals surface area (Å²) in [6.07, 6.45) is 3.34. The summed E-state index contributed by atoms with van der Waals surface area (Å²) in [6, 6.07) is 4.00. The first-order valence-corrected chi connectivity index (χ1v) is 11.0. The van der Waals surface area contributed by atoms with Gasteiger partial charge in [0.25, 0.3) is 6.01 Å². The van der Waals surface area contributed by atoms with E-state index in [9.17, 15) is 9.90 Å². The van der Waals surface area contributed by atoms with E-state index in [1.54, 1.807) is 18.3 Å². The van der Waals surface area contributed by atoms with Crippen LogP contribution in [0.2, 0.25) is 0 Å². The summed E-state index contributed by atoms with van der Waals surface area (Å²) in [5, 5.41) is 13.0. The molecule has 2 aliphatic rings. The van der Waals surface area contributed by atoms with Crippen molar-refractivity contribution in [1.29, 1.82) is 0 Å². The van der Waals surface area contributed by atoms with Crippen LogP contribution in [-0.4, -0.2) is 56.8 Å². The lowest BCUT2D eigenvalue weighted by Gasteiger charge is -2.40. The number of fused-ring (bicyclic) bond motifs is 3. The van der Waals surface area contributed by atoms with E-state index >= 15 is 0 Å². The highest BCUT2D eigenvalue weighted by atomic mass is 32.1. The number of thiazole rings is 1. The number of ether oxygens (including phenoxy) is 1. The lowest BCUT2D eigenvalue weighted by Crippen LogP contribution is -2.56. The smallest absolute Gasteiger partial charge is 0.410 e. The van der Waals surface area contributed by atoms with Crippen LogP contribution in [0.5, 0.6) is 5.75 Å². The van der Waals surface area contributed by atoms with E-state index in [1.165, 1.54) is 11.3 Å². The highest BCUT2D eigenvalue weighted by Crippen LogP contribution is 2.39. The average molecular weight is 429 g/mol. The SMILES string of the molecule is CC(C)(C)OC(=O)N1C2CCC1CN(c1nc3c(O)ccc(-c4nccs4)c3o1)C2. The molecule has 9 heteroatoms. The zero-order chi connectivity index (χ0) is 21.0. The van der Waals surface area contributed by atoms with E-state index < -0.39 is 5.60 Å². The summed E-state index contributed by atoms with van der Waals surface area (Å²) in [6.45, 7) is 6.89. The van der Waals surface area contributed by atoms with Gasteiger partial charge in [0.1, 0.15) is 16.4 Å². The van der Waals surface area contributed by atoms with Crippen molar-refractivity contribution in [3.8, 4) is 16.3 Å². The van der Waals surface area contributed by atoms with Gasteiger partial charge in [0, 0.05) is 24.7 Å². The van der Waals surface area contributed by atoms with Crippen LogP contribution in [-0.2, 0) is 4.74 Å². The minimum Gasteiger partial charge on any atom is -0.506 e. The highest BCUT2D eigenvalue weighted by molar-refractivity contribution is 7.13. The van der Waals surface area contributed by atoms with Gasteiger partial charge in [0.2, 0.25) is 0 Å². The minimum atomic E-state index is -0.516. The van der Waals surface area contributed by atoms with Gasteiger partial charge >= 0.3 is 6.09 Å². The zero-order valence-electron chi connectivity index (χ0n) is 17.2. The molecule has 1 amide bonds. The first kappa shape index (κ1) is 19.2. The van der Waals surface area contributed by atoms with Gasteiger partial charge in [0.05, 0.1) is 17.6 Å². The summed E-state index contributed by atoms with van der Waals surface area (Å²) >= 11 is 1.51. The molecule has 30 heavy (non-hydrogen) atoms. The van der Waals surface area contributed by atoms with Crippen molar-refractivity contribution in [3.05, 3.63) is 23.7 Å². The van der Waals surface area contributed by atoms with Crippen LogP contribution in [0.1, 0.15) is 33.6 Å². The molecular weight excluding hydrogens is 404 g/mol. The number of hydrogen-bond donors (Lipinski definition) is 1. The lowest BCUT2D eigenvalue weighted by atomic mass is 10.2. The number of carbonyl (C=O) groups is 1. The van der Waals surface area contributed by atoms with Crippen LogP contribution in [0.15, 0.2) is 28.1 Å². The van der Waals surface area contributed by atoms with Crippen molar-refractivity contribution >= 4 is 34.5 Å². The second-order valence-corrected chi connectivity index (χ2v) is 9.72. The molecule has 2 fully saturated rings. The van der Waals surface area contributed by atoms with Gasteiger partial charge in [-0.3, -0.25) is 4.90 Å². The number of rotatable bonds is 2. The number of anilines is 1. The molecule has 1 aromatic carbocycles. The van der Waals surface area contributed by atoms with Gasteiger partial charge in [0.15, 0.2) is 11.1 Å². The predicted octanol–water partition coefficient (Wildman–Crippen LogP) is 4.25. The Morgan fingerprint density at radius 2 is 2.00 bits per heavy atom. The molecular formula is C21H24N4O4S. The van der Waals surface area contributed by atoms with Crippen molar-refractivity contribution in [2.45, 2.75) is 51.3 Å². The number of aromatic hydroxyl groups is 1. The van der Waals surface area contributed by atoms with Gasteiger partial charge in [-0.1, -0.05) is 0 Å². The van der Waals surface area contributed by atoms with Gasteiger partial charge in [-0.15, -0.1) is 11.3 Å². The van der Waals surface area contributed by atoms with Crippen molar-refractivity contribution in [2.75, 3.05) is 18.0 Å². The van der Waals surface area contributed by atoms with Crippen LogP contribution in [0, 0.1) is 0 Å². The van der Waals surface area contributed by atoms with Crippen LogP contribution >= 0.6 is 11.3 Å². The maximum atomic E-state index is 12.7. The van der Waals surface area contributed by atoms with Crippen molar-refractivity contribution in [1.82, 2.24) is 14.9 Å². The van der Waals surface area contributed by atoms with Crippen LogP contribution in [0.3, 0.4) is 0 Å². The Bertz CT molecular complexity index is 1070.